The van der Waals surface area contributed by atoms with Gasteiger partial charge in [0, 0.05) is 36.0 Å². The number of carbonyl (C=O) groups excluding carboxylic acids is 1. The maximum Gasteiger partial charge on any atom is 0.338 e. The van der Waals surface area contributed by atoms with Crippen LogP contribution in [0.15, 0.2) is 71.9 Å². The van der Waals surface area contributed by atoms with Gasteiger partial charge in [-0.05, 0) is 35.4 Å². The van der Waals surface area contributed by atoms with E-state index in [1.165, 1.54) is 24.8 Å². The van der Waals surface area contributed by atoms with E-state index < -0.39 is 12.3 Å². The number of anilines is 1. The Morgan fingerprint density at radius 2 is 1.83 bits per heavy atom. The third-order valence-electron chi connectivity index (χ3n) is 5.99. The first-order valence-corrected chi connectivity index (χ1v) is 12.5. The number of nitrogens with zero attached hydrogens (tertiary/aromatic N) is 1. The van der Waals surface area contributed by atoms with Gasteiger partial charge in [0.1, 0.15) is 5.03 Å². The first-order chi connectivity index (χ1) is 17.4. The Balaban J connectivity index is 1.62. The highest BCUT2D eigenvalue weighted by atomic mass is 32.2. The van der Waals surface area contributed by atoms with Crippen LogP contribution in [0.2, 0.25) is 0 Å². The molecule has 0 aliphatic carbocycles. The second-order valence-corrected chi connectivity index (χ2v) is 9.61. The molecule has 0 spiro atoms. The Kier molecular flexibility index (Phi) is 8.37. The van der Waals surface area contributed by atoms with Crippen molar-refractivity contribution in [3.63, 3.8) is 0 Å². The molecule has 4 atom stereocenters. The van der Waals surface area contributed by atoms with E-state index in [0.29, 0.717) is 16.5 Å². The fourth-order valence-electron chi connectivity index (χ4n) is 4.11. The first-order valence-electron chi connectivity index (χ1n) is 11.5. The number of hydrogen-bond donors (Lipinski definition) is 3. The third kappa shape index (κ3) is 6.11. The maximum atomic E-state index is 11.6. The third-order valence-corrected chi connectivity index (χ3v) is 7.08. The lowest BCUT2D eigenvalue weighted by atomic mass is 9.91. The van der Waals surface area contributed by atoms with E-state index in [4.69, 9.17) is 9.47 Å². The van der Waals surface area contributed by atoms with Crippen LogP contribution in [0.4, 0.5) is 5.69 Å². The Morgan fingerprint density at radius 1 is 1.06 bits per heavy atom. The molecule has 0 saturated carbocycles. The number of amides is 1. The van der Waals surface area contributed by atoms with Crippen LogP contribution in [0.3, 0.4) is 0 Å². The molecule has 2 aromatic carbocycles. The number of carboxylic acid groups (broad SMARTS) is 1. The topological polar surface area (TPSA) is 118 Å². The number of pyridine rings is 1. The number of aromatic nitrogens is 1. The number of benzene rings is 2. The molecule has 0 radical (unpaired) electrons. The molecule has 2 heterocycles. The Morgan fingerprint density at radius 3 is 2.53 bits per heavy atom. The minimum atomic E-state index is -1.03. The first kappa shape index (κ1) is 25.8. The van der Waals surface area contributed by atoms with Crippen LogP contribution in [0, 0.1) is 5.92 Å². The standard InChI is InChI=1S/C27H28N2O6S/c1-16-23(15-36-25-22(26(32)33)7-4-12-28-25)34-27(20-5-3-6-21(13-20)29-17(2)31)35-24(16)19-10-8-18(14-30)9-11-19/h3-13,16,23-24,27,30H,14-15H2,1-2H3,(H,29,31)(H,32,33)/t16-,23+,24+,27+/m1/s1. The van der Waals surface area contributed by atoms with Gasteiger partial charge in [-0.2, -0.15) is 0 Å². The zero-order valence-electron chi connectivity index (χ0n) is 20.0. The summed E-state index contributed by atoms with van der Waals surface area (Å²) in [5.41, 5.74) is 3.30. The fraction of sp³-hybridized carbons (Fsp3) is 0.296. The molecule has 1 aliphatic rings. The fourth-order valence-corrected chi connectivity index (χ4v) is 5.26. The number of carbonyl (C=O) groups is 2. The smallest absolute Gasteiger partial charge is 0.338 e. The van der Waals surface area contributed by atoms with Crippen LogP contribution < -0.4 is 5.32 Å². The second kappa shape index (κ2) is 11.7. The van der Waals surface area contributed by atoms with Crippen molar-refractivity contribution in [1.82, 2.24) is 4.98 Å². The predicted molar refractivity (Wildman–Crippen MR) is 136 cm³/mol. The minimum absolute atomic E-state index is 0.0434. The van der Waals surface area contributed by atoms with Crippen LogP contribution >= 0.6 is 11.8 Å². The SMILES string of the molecule is CC(=O)Nc1cccc([C@H]2O[C@@H](CSc3ncccc3C(=O)O)[C@@H](C)[C@@H](c3ccc(CO)cc3)O2)c1. The van der Waals surface area contributed by atoms with Crippen molar-refractivity contribution in [3.05, 3.63) is 89.1 Å². The number of rotatable bonds is 8. The van der Waals surface area contributed by atoms with Gasteiger partial charge in [-0.25, -0.2) is 9.78 Å². The van der Waals surface area contributed by atoms with Crippen molar-refractivity contribution >= 4 is 29.3 Å². The van der Waals surface area contributed by atoms with E-state index in [9.17, 15) is 19.8 Å². The minimum Gasteiger partial charge on any atom is -0.478 e. The zero-order chi connectivity index (χ0) is 25.7. The van der Waals surface area contributed by atoms with Crippen molar-refractivity contribution in [2.75, 3.05) is 11.1 Å². The number of aliphatic hydroxyl groups is 1. The summed E-state index contributed by atoms with van der Waals surface area (Å²) in [5.74, 6) is -0.799. The highest BCUT2D eigenvalue weighted by molar-refractivity contribution is 7.99. The summed E-state index contributed by atoms with van der Waals surface area (Å²) in [6.07, 6.45) is 0.273. The number of thioether (sulfide) groups is 1. The van der Waals surface area contributed by atoms with Crippen molar-refractivity contribution in [2.24, 2.45) is 5.92 Å². The lowest BCUT2D eigenvalue weighted by molar-refractivity contribution is -0.268. The number of hydrogen-bond acceptors (Lipinski definition) is 7. The Bertz CT molecular complexity index is 1220. The van der Waals surface area contributed by atoms with Gasteiger partial charge in [0.05, 0.1) is 24.4 Å². The lowest BCUT2D eigenvalue weighted by Crippen LogP contribution is -2.38. The van der Waals surface area contributed by atoms with Crippen LogP contribution in [0.5, 0.6) is 0 Å². The molecule has 3 aromatic rings. The van der Waals surface area contributed by atoms with Gasteiger partial charge >= 0.3 is 5.97 Å². The zero-order valence-corrected chi connectivity index (χ0v) is 20.8. The van der Waals surface area contributed by atoms with E-state index in [-0.39, 0.29) is 36.2 Å². The van der Waals surface area contributed by atoms with Crippen LogP contribution in [-0.2, 0) is 20.9 Å². The summed E-state index contributed by atoms with van der Waals surface area (Å²) < 4.78 is 12.8. The molecule has 1 amide bonds. The van der Waals surface area contributed by atoms with Crippen LogP contribution in [-0.4, -0.2) is 38.9 Å². The van der Waals surface area contributed by atoms with Crippen LogP contribution in [0.25, 0.3) is 0 Å². The number of carboxylic acids is 1. The highest BCUT2D eigenvalue weighted by Gasteiger charge is 2.38. The van der Waals surface area contributed by atoms with Gasteiger partial charge in [-0.15, -0.1) is 11.8 Å². The van der Waals surface area contributed by atoms with E-state index in [0.717, 1.165) is 16.7 Å². The van der Waals surface area contributed by atoms with Gasteiger partial charge < -0.3 is 25.0 Å². The summed E-state index contributed by atoms with van der Waals surface area (Å²) in [7, 11) is 0. The number of aromatic carboxylic acids is 1. The largest absolute Gasteiger partial charge is 0.478 e. The van der Waals surface area contributed by atoms with Gasteiger partial charge in [-0.1, -0.05) is 43.3 Å². The van der Waals surface area contributed by atoms with Gasteiger partial charge in [0.2, 0.25) is 5.91 Å². The van der Waals surface area contributed by atoms with Crippen LogP contribution in [0.1, 0.15) is 53.3 Å². The van der Waals surface area contributed by atoms with E-state index in [1.54, 1.807) is 18.3 Å². The molecule has 1 aliphatic heterocycles. The molecule has 3 N–H and O–H groups in total. The summed E-state index contributed by atoms with van der Waals surface area (Å²) in [6, 6.07) is 18.1. The summed E-state index contributed by atoms with van der Waals surface area (Å²) in [5, 5.41) is 22.1. The molecule has 0 unspecified atom stereocenters. The number of nitrogens with one attached hydrogen (secondary N) is 1. The second-order valence-electron chi connectivity index (χ2n) is 8.60. The van der Waals surface area contributed by atoms with Crippen molar-refractivity contribution in [1.29, 1.82) is 0 Å². The molecule has 36 heavy (non-hydrogen) atoms. The average Bonchev–Trinajstić information content (AvgIpc) is 2.88. The molecular formula is C27H28N2O6S. The quantitative estimate of drug-likeness (QED) is 0.371. The van der Waals surface area contributed by atoms with E-state index in [2.05, 4.69) is 10.3 Å². The van der Waals surface area contributed by atoms with Gasteiger partial charge in [0.25, 0.3) is 0 Å². The highest BCUT2D eigenvalue weighted by Crippen LogP contribution is 2.43. The molecule has 1 fully saturated rings. The summed E-state index contributed by atoms with van der Waals surface area (Å²) in [4.78, 5) is 27.4. The molecule has 1 saturated heterocycles. The molecule has 1 aromatic heterocycles. The molecule has 188 valence electrons. The van der Waals surface area contributed by atoms with Crippen molar-refractivity contribution in [3.8, 4) is 0 Å². The molecule has 9 heteroatoms. The van der Waals surface area contributed by atoms with E-state index >= 15 is 0 Å². The monoisotopic (exact) mass is 508 g/mol. The lowest BCUT2D eigenvalue weighted by Gasteiger charge is -2.41. The average molecular weight is 509 g/mol. The van der Waals surface area contributed by atoms with Gasteiger partial charge in [-0.3, -0.25) is 4.79 Å². The summed E-state index contributed by atoms with van der Waals surface area (Å²) >= 11 is 1.34. The molecule has 8 nitrogen and oxygen atoms in total. The van der Waals surface area contributed by atoms with E-state index in [1.807, 2.05) is 49.4 Å². The normalized spacial score (nSPS) is 21.6. The van der Waals surface area contributed by atoms with Gasteiger partial charge in [0.15, 0.2) is 6.29 Å². The maximum absolute atomic E-state index is 11.6. The molecule has 4 rings (SSSR count). The van der Waals surface area contributed by atoms with Crippen molar-refractivity contribution < 1.29 is 29.3 Å². The summed E-state index contributed by atoms with van der Waals surface area (Å²) in [6.45, 7) is 3.44. The Labute approximate surface area is 213 Å². The van der Waals surface area contributed by atoms with Crippen molar-refractivity contribution in [2.45, 2.75) is 44.0 Å². The molecule has 0 bridgehead atoms. The number of ether oxygens (including phenoxy) is 2. The Hall–Kier alpha value is -3.24. The number of aliphatic hydroxyl groups excluding tert-OH is 1. The molecular weight excluding hydrogens is 480 g/mol. The predicted octanol–water partition coefficient (Wildman–Crippen LogP) is 4.81.